The Morgan fingerprint density at radius 3 is 2.85 bits per heavy atom. The molecule has 0 fully saturated rings. The Bertz CT molecular complexity index is 571. The van der Waals surface area contributed by atoms with Crippen molar-refractivity contribution in [3.8, 4) is 0 Å². The van der Waals surface area contributed by atoms with Crippen LogP contribution in [0.25, 0.3) is 10.9 Å². The maximum absolute atomic E-state index is 11.5. The van der Waals surface area contributed by atoms with Gasteiger partial charge in [-0.1, -0.05) is 31.5 Å². The number of unbranched alkanes of at least 4 members (excludes halogenated alkanes) is 1. The van der Waals surface area contributed by atoms with Gasteiger partial charge in [0.05, 0.1) is 0 Å². The predicted octanol–water partition coefficient (Wildman–Crippen LogP) is 3.65. The van der Waals surface area contributed by atoms with E-state index in [-0.39, 0.29) is 5.91 Å². The fraction of sp³-hybridized carbons (Fsp3) is 0.471. The Hall–Kier alpha value is -1.77. The number of para-hydroxylation sites is 1. The number of nitrogens with one attached hydrogen (secondary N) is 1. The van der Waals surface area contributed by atoms with Crippen molar-refractivity contribution in [2.75, 3.05) is 6.54 Å². The molecule has 108 valence electrons. The van der Waals surface area contributed by atoms with Crippen molar-refractivity contribution in [2.45, 2.75) is 46.1 Å². The molecule has 0 spiro atoms. The lowest BCUT2D eigenvalue weighted by atomic mass is 10.2. The maximum Gasteiger partial charge on any atom is 0.219 e. The first-order valence-electron chi connectivity index (χ1n) is 7.54. The van der Waals surface area contributed by atoms with Crippen LogP contribution < -0.4 is 5.32 Å². The van der Waals surface area contributed by atoms with Crippen molar-refractivity contribution in [3.05, 3.63) is 36.0 Å². The van der Waals surface area contributed by atoms with E-state index in [1.54, 1.807) is 0 Å². The first kappa shape index (κ1) is 14.6. The van der Waals surface area contributed by atoms with E-state index in [0.29, 0.717) is 6.42 Å². The summed E-state index contributed by atoms with van der Waals surface area (Å²) in [5.41, 5.74) is 2.56. The molecule has 3 heteroatoms. The molecule has 0 aliphatic rings. The zero-order valence-corrected chi connectivity index (χ0v) is 12.5. The van der Waals surface area contributed by atoms with Crippen molar-refractivity contribution in [1.29, 1.82) is 0 Å². The SMILES string of the molecule is CCCCC(=O)NCCCn1c(C)cc2ccccc21. The minimum atomic E-state index is 0.181. The fourth-order valence-electron chi connectivity index (χ4n) is 2.54. The van der Waals surface area contributed by atoms with Gasteiger partial charge >= 0.3 is 0 Å². The summed E-state index contributed by atoms with van der Waals surface area (Å²) < 4.78 is 2.33. The number of aryl methyl sites for hydroxylation is 2. The summed E-state index contributed by atoms with van der Waals surface area (Å²) in [6, 6.07) is 10.7. The lowest BCUT2D eigenvalue weighted by Crippen LogP contribution is -2.24. The summed E-state index contributed by atoms with van der Waals surface area (Å²) in [7, 11) is 0. The molecule has 20 heavy (non-hydrogen) atoms. The second kappa shape index (κ2) is 7.13. The lowest BCUT2D eigenvalue weighted by Gasteiger charge is -2.09. The molecule has 1 heterocycles. The molecule has 0 radical (unpaired) electrons. The monoisotopic (exact) mass is 272 g/mol. The molecule has 3 nitrogen and oxygen atoms in total. The molecule has 1 aromatic carbocycles. The van der Waals surface area contributed by atoms with Gasteiger partial charge in [-0.25, -0.2) is 0 Å². The summed E-state index contributed by atoms with van der Waals surface area (Å²) in [5, 5.41) is 4.28. The van der Waals surface area contributed by atoms with E-state index in [9.17, 15) is 4.79 Å². The molecule has 0 unspecified atom stereocenters. The zero-order valence-electron chi connectivity index (χ0n) is 12.5. The van der Waals surface area contributed by atoms with Gasteiger partial charge in [0, 0.05) is 30.7 Å². The molecule has 0 saturated carbocycles. The van der Waals surface area contributed by atoms with Crippen LogP contribution in [0.15, 0.2) is 30.3 Å². The zero-order chi connectivity index (χ0) is 14.4. The largest absolute Gasteiger partial charge is 0.356 e. The summed E-state index contributed by atoms with van der Waals surface area (Å²) in [5.74, 6) is 0.181. The first-order chi connectivity index (χ1) is 9.72. The van der Waals surface area contributed by atoms with Gasteiger partial charge in [0.2, 0.25) is 5.91 Å². The third-order valence-electron chi connectivity index (χ3n) is 3.66. The van der Waals surface area contributed by atoms with Crippen LogP contribution in [0, 0.1) is 6.92 Å². The quantitative estimate of drug-likeness (QED) is 0.767. The number of carbonyl (C=O) groups is 1. The average Bonchev–Trinajstić information content (AvgIpc) is 2.77. The molecule has 0 aliphatic carbocycles. The number of hydrogen-bond acceptors (Lipinski definition) is 1. The highest BCUT2D eigenvalue weighted by Gasteiger charge is 2.05. The molecule has 0 atom stereocenters. The topological polar surface area (TPSA) is 34.0 Å². The van der Waals surface area contributed by atoms with Gasteiger partial charge in [-0.05, 0) is 37.3 Å². The maximum atomic E-state index is 11.5. The molecule has 1 N–H and O–H groups in total. The van der Waals surface area contributed by atoms with Crippen molar-refractivity contribution in [3.63, 3.8) is 0 Å². The van der Waals surface area contributed by atoms with Crippen molar-refractivity contribution < 1.29 is 4.79 Å². The Morgan fingerprint density at radius 1 is 1.25 bits per heavy atom. The van der Waals surface area contributed by atoms with E-state index < -0.39 is 0 Å². The first-order valence-corrected chi connectivity index (χ1v) is 7.54. The summed E-state index contributed by atoms with van der Waals surface area (Å²) in [6.07, 6.45) is 3.68. The number of nitrogens with zero attached hydrogens (tertiary/aromatic N) is 1. The van der Waals surface area contributed by atoms with E-state index in [2.05, 4.69) is 54.1 Å². The molecule has 2 rings (SSSR count). The molecule has 2 aromatic rings. The number of hydrogen-bond donors (Lipinski definition) is 1. The number of fused-ring (bicyclic) bond motifs is 1. The number of amides is 1. The molecule has 0 saturated heterocycles. The second-order valence-corrected chi connectivity index (χ2v) is 5.30. The van der Waals surface area contributed by atoms with Crippen LogP contribution in [0.4, 0.5) is 0 Å². The molecule has 0 bridgehead atoms. The number of aromatic nitrogens is 1. The molecular weight excluding hydrogens is 248 g/mol. The van der Waals surface area contributed by atoms with Crippen molar-refractivity contribution >= 4 is 16.8 Å². The highest BCUT2D eigenvalue weighted by Crippen LogP contribution is 2.19. The van der Waals surface area contributed by atoms with Gasteiger partial charge in [0.15, 0.2) is 0 Å². The molecule has 0 aliphatic heterocycles. The standard InChI is InChI=1S/C17H24N2O/c1-3-4-10-17(20)18-11-7-12-19-14(2)13-15-8-5-6-9-16(15)19/h5-6,8-9,13H,3-4,7,10-12H2,1-2H3,(H,18,20). The van der Waals surface area contributed by atoms with E-state index in [1.807, 2.05) is 0 Å². The molecule has 1 aromatic heterocycles. The summed E-state index contributed by atoms with van der Waals surface area (Å²) in [4.78, 5) is 11.5. The minimum Gasteiger partial charge on any atom is -0.356 e. The van der Waals surface area contributed by atoms with E-state index in [4.69, 9.17) is 0 Å². The lowest BCUT2D eigenvalue weighted by molar-refractivity contribution is -0.121. The summed E-state index contributed by atoms with van der Waals surface area (Å²) in [6.45, 7) is 5.95. The van der Waals surface area contributed by atoms with Crippen LogP contribution in [0.5, 0.6) is 0 Å². The van der Waals surface area contributed by atoms with Crippen LogP contribution in [-0.4, -0.2) is 17.0 Å². The van der Waals surface area contributed by atoms with E-state index in [0.717, 1.165) is 32.4 Å². The number of carbonyl (C=O) groups excluding carboxylic acids is 1. The normalized spacial score (nSPS) is 10.9. The van der Waals surface area contributed by atoms with Crippen LogP contribution in [-0.2, 0) is 11.3 Å². The molecule has 1 amide bonds. The van der Waals surface area contributed by atoms with Crippen LogP contribution in [0.2, 0.25) is 0 Å². The Morgan fingerprint density at radius 2 is 2.05 bits per heavy atom. The summed E-state index contributed by atoms with van der Waals surface area (Å²) >= 11 is 0. The second-order valence-electron chi connectivity index (χ2n) is 5.30. The fourth-order valence-corrected chi connectivity index (χ4v) is 2.54. The van der Waals surface area contributed by atoms with Gasteiger partial charge in [0.1, 0.15) is 0 Å². The number of rotatable bonds is 7. The highest BCUT2D eigenvalue weighted by atomic mass is 16.1. The van der Waals surface area contributed by atoms with Gasteiger partial charge in [-0.2, -0.15) is 0 Å². The third-order valence-corrected chi connectivity index (χ3v) is 3.66. The van der Waals surface area contributed by atoms with E-state index in [1.165, 1.54) is 16.6 Å². The van der Waals surface area contributed by atoms with Crippen molar-refractivity contribution in [2.24, 2.45) is 0 Å². The average molecular weight is 272 g/mol. The molecular formula is C17H24N2O. The predicted molar refractivity (Wildman–Crippen MR) is 83.8 cm³/mol. The number of benzene rings is 1. The van der Waals surface area contributed by atoms with E-state index >= 15 is 0 Å². The smallest absolute Gasteiger partial charge is 0.219 e. The Kier molecular flexibility index (Phi) is 5.22. The highest BCUT2D eigenvalue weighted by molar-refractivity contribution is 5.81. The Balaban J connectivity index is 1.84. The van der Waals surface area contributed by atoms with Gasteiger partial charge in [-0.15, -0.1) is 0 Å². The Labute approximate surface area is 121 Å². The van der Waals surface area contributed by atoms with Crippen molar-refractivity contribution in [1.82, 2.24) is 9.88 Å². The van der Waals surface area contributed by atoms with Gasteiger partial charge in [-0.3, -0.25) is 4.79 Å². The van der Waals surface area contributed by atoms with Crippen LogP contribution in [0.3, 0.4) is 0 Å². The van der Waals surface area contributed by atoms with Crippen LogP contribution >= 0.6 is 0 Å². The van der Waals surface area contributed by atoms with Crippen LogP contribution in [0.1, 0.15) is 38.3 Å². The third kappa shape index (κ3) is 3.62. The van der Waals surface area contributed by atoms with Gasteiger partial charge < -0.3 is 9.88 Å². The van der Waals surface area contributed by atoms with Gasteiger partial charge in [0.25, 0.3) is 0 Å². The minimum absolute atomic E-state index is 0.181.